The first-order chi connectivity index (χ1) is 20.1. The average Bonchev–Trinajstić information content (AvgIpc) is 3.45. The average molecular weight is 552 g/mol. The molecule has 1 aliphatic rings. The fourth-order valence-corrected chi connectivity index (χ4v) is 5.92. The minimum absolute atomic E-state index is 0.307. The van der Waals surface area contributed by atoms with Crippen LogP contribution in [0.15, 0.2) is 72.8 Å². The quantitative estimate of drug-likeness (QED) is 0.184. The molecule has 41 heavy (non-hydrogen) atoms. The van der Waals surface area contributed by atoms with E-state index in [0.717, 1.165) is 55.5 Å². The van der Waals surface area contributed by atoms with Crippen LogP contribution in [0.2, 0.25) is 0 Å². The number of allylic oxidation sites excluding steroid dienone is 1. The first-order valence-corrected chi connectivity index (χ1v) is 13.8. The number of nitrogens with zero attached hydrogens (tertiary/aromatic N) is 3. The van der Waals surface area contributed by atoms with Crippen molar-refractivity contribution in [1.82, 2.24) is 14.3 Å². The van der Waals surface area contributed by atoms with Crippen molar-refractivity contribution in [2.24, 2.45) is 7.05 Å². The first kappa shape index (κ1) is 26.8. The number of ether oxygens (including phenoxy) is 3. The summed E-state index contributed by atoms with van der Waals surface area (Å²) in [5.41, 5.74) is 5.59. The van der Waals surface area contributed by atoms with Gasteiger partial charge in [-0.15, -0.1) is 0 Å². The first-order valence-electron chi connectivity index (χ1n) is 13.8. The summed E-state index contributed by atoms with van der Waals surface area (Å²) < 4.78 is 21.4. The van der Waals surface area contributed by atoms with Crippen LogP contribution in [0.4, 0.5) is 0 Å². The maximum atomic E-state index is 12.8. The number of aryl methyl sites for hydroxylation is 2. The van der Waals surface area contributed by atoms with E-state index in [2.05, 4.69) is 18.2 Å². The molecule has 5 aromatic rings. The Morgan fingerprint density at radius 1 is 1.05 bits per heavy atom. The van der Waals surface area contributed by atoms with Gasteiger partial charge in [0.15, 0.2) is 0 Å². The zero-order chi connectivity index (χ0) is 28.3. The highest BCUT2D eigenvalue weighted by Crippen LogP contribution is 2.39. The summed E-state index contributed by atoms with van der Waals surface area (Å²) in [5, 5.41) is 18.4. The van der Waals surface area contributed by atoms with Crippen molar-refractivity contribution in [2.45, 2.75) is 32.6 Å². The number of methoxy groups -OCH3 is 1. The molecule has 0 atom stereocenters. The maximum absolute atomic E-state index is 12.8. The molecule has 8 nitrogen and oxygen atoms in total. The highest BCUT2D eigenvalue weighted by Gasteiger charge is 2.27. The number of carboxylic acid groups (broad SMARTS) is 1. The molecule has 3 heterocycles. The second-order valence-corrected chi connectivity index (χ2v) is 10.2. The van der Waals surface area contributed by atoms with Crippen LogP contribution >= 0.6 is 0 Å². The van der Waals surface area contributed by atoms with Gasteiger partial charge in [-0.3, -0.25) is 4.68 Å². The summed E-state index contributed by atoms with van der Waals surface area (Å²) in [7, 11) is 3.56. The Hall–Kier alpha value is -4.40. The van der Waals surface area contributed by atoms with Crippen molar-refractivity contribution in [3.05, 3.63) is 95.5 Å². The maximum Gasteiger partial charge on any atom is 0.352 e. The van der Waals surface area contributed by atoms with E-state index in [1.54, 1.807) is 7.11 Å². The lowest BCUT2D eigenvalue weighted by Gasteiger charge is -2.12. The van der Waals surface area contributed by atoms with Gasteiger partial charge in [0.1, 0.15) is 11.4 Å². The van der Waals surface area contributed by atoms with E-state index in [0.29, 0.717) is 51.5 Å². The van der Waals surface area contributed by atoms with Crippen LogP contribution in [0, 0.1) is 0 Å². The van der Waals surface area contributed by atoms with Gasteiger partial charge in [-0.25, -0.2) is 4.79 Å². The molecule has 0 radical (unpaired) electrons. The summed E-state index contributed by atoms with van der Waals surface area (Å²) >= 11 is 0. The molecular weight excluding hydrogens is 518 g/mol. The fraction of sp³-hybridized carbons (Fsp3) is 0.273. The van der Waals surface area contributed by atoms with Crippen LogP contribution in [-0.4, -0.2) is 45.7 Å². The SMILES string of the molecule is COCc1c2c(nn1C)COC/C=C\Cn1c(C(=O)O)c(CCCOc3cccc4ccccc34)c3cccc-2c31. The Morgan fingerprint density at radius 3 is 2.71 bits per heavy atom. The van der Waals surface area contributed by atoms with Gasteiger partial charge in [0, 0.05) is 42.6 Å². The number of aromatic nitrogens is 3. The van der Waals surface area contributed by atoms with E-state index >= 15 is 0 Å². The Balaban J connectivity index is 1.42. The van der Waals surface area contributed by atoms with Gasteiger partial charge in [0.2, 0.25) is 0 Å². The zero-order valence-electron chi connectivity index (χ0n) is 23.3. The number of benzene rings is 3. The molecule has 0 fully saturated rings. The minimum atomic E-state index is -0.944. The van der Waals surface area contributed by atoms with E-state index < -0.39 is 5.97 Å². The van der Waals surface area contributed by atoms with Gasteiger partial charge >= 0.3 is 5.97 Å². The molecule has 1 aliphatic heterocycles. The predicted octanol–water partition coefficient (Wildman–Crippen LogP) is 6.14. The van der Waals surface area contributed by atoms with Crippen LogP contribution in [-0.2, 0) is 42.7 Å². The molecule has 0 aliphatic carbocycles. The van der Waals surface area contributed by atoms with Crippen LogP contribution < -0.4 is 4.74 Å². The van der Waals surface area contributed by atoms with Crippen LogP contribution in [0.3, 0.4) is 0 Å². The van der Waals surface area contributed by atoms with Gasteiger partial charge in [-0.1, -0.05) is 66.7 Å². The molecule has 1 N–H and O–H groups in total. The topological polar surface area (TPSA) is 87.7 Å². The molecule has 0 saturated carbocycles. The molecule has 0 spiro atoms. The number of carboxylic acids is 1. The van der Waals surface area contributed by atoms with Crippen LogP contribution in [0.5, 0.6) is 5.75 Å². The fourth-order valence-electron chi connectivity index (χ4n) is 5.92. The van der Waals surface area contributed by atoms with E-state index in [1.165, 1.54) is 0 Å². The van der Waals surface area contributed by atoms with Crippen molar-refractivity contribution in [3.8, 4) is 16.9 Å². The highest BCUT2D eigenvalue weighted by atomic mass is 16.5. The van der Waals surface area contributed by atoms with Crippen LogP contribution in [0.1, 0.15) is 33.9 Å². The number of rotatable bonds is 8. The zero-order valence-corrected chi connectivity index (χ0v) is 23.3. The second-order valence-electron chi connectivity index (χ2n) is 10.2. The Labute approximate surface area is 238 Å². The summed E-state index contributed by atoms with van der Waals surface area (Å²) in [5.74, 6) is -0.108. The van der Waals surface area contributed by atoms with Crippen molar-refractivity contribution in [1.29, 1.82) is 0 Å². The number of fused-ring (bicyclic) bond motifs is 3. The van der Waals surface area contributed by atoms with E-state index in [4.69, 9.17) is 19.3 Å². The molecular formula is C33H33N3O5. The smallest absolute Gasteiger partial charge is 0.352 e. The summed E-state index contributed by atoms with van der Waals surface area (Å²) in [6.07, 6.45) is 5.14. The normalized spacial score (nSPS) is 14.1. The van der Waals surface area contributed by atoms with Crippen molar-refractivity contribution < 1.29 is 24.1 Å². The van der Waals surface area contributed by atoms with E-state index in [9.17, 15) is 9.90 Å². The third-order valence-corrected chi connectivity index (χ3v) is 7.66. The Morgan fingerprint density at radius 2 is 1.85 bits per heavy atom. The van der Waals surface area contributed by atoms with Gasteiger partial charge in [0.25, 0.3) is 0 Å². The van der Waals surface area contributed by atoms with Crippen molar-refractivity contribution in [2.75, 3.05) is 20.3 Å². The molecule has 0 unspecified atom stereocenters. The molecule has 6 rings (SSSR count). The number of carbonyl (C=O) groups is 1. The van der Waals surface area contributed by atoms with Crippen molar-refractivity contribution >= 4 is 27.6 Å². The van der Waals surface area contributed by atoms with Crippen LogP contribution in [0.25, 0.3) is 32.8 Å². The molecule has 210 valence electrons. The number of hydrogen-bond donors (Lipinski definition) is 1. The lowest BCUT2D eigenvalue weighted by Crippen LogP contribution is -2.11. The number of para-hydroxylation sites is 1. The third-order valence-electron chi connectivity index (χ3n) is 7.66. The lowest BCUT2D eigenvalue weighted by atomic mass is 9.98. The minimum Gasteiger partial charge on any atom is -0.493 e. The largest absolute Gasteiger partial charge is 0.493 e. The Kier molecular flexibility index (Phi) is 7.59. The third kappa shape index (κ3) is 5.01. The molecule has 0 bridgehead atoms. The predicted molar refractivity (Wildman–Crippen MR) is 158 cm³/mol. The molecule has 0 amide bonds. The molecule has 3 aromatic carbocycles. The van der Waals surface area contributed by atoms with Gasteiger partial charge in [-0.05, 0) is 29.9 Å². The van der Waals surface area contributed by atoms with Gasteiger partial charge < -0.3 is 23.9 Å². The van der Waals surface area contributed by atoms with Gasteiger partial charge in [0.05, 0.1) is 43.3 Å². The Bertz CT molecular complexity index is 1760. The van der Waals surface area contributed by atoms with Crippen molar-refractivity contribution in [3.63, 3.8) is 0 Å². The highest BCUT2D eigenvalue weighted by molar-refractivity contribution is 6.04. The summed E-state index contributed by atoms with van der Waals surface area (Å²) in [6, 6.07) is 20.2. The molecule has 2 aromatic heterocycles. The molecule has 0 saturated heterocycles. The lowest BCUT2D eigenvalue weighted by molar-refractivity contribution is 0.0685. The van der Waals surface area contributed by atoms with E-state index in [-0.39, 0.29) is 0 Å². The standard InChI is InChI=1S/C33H33N3O5/c1-35-28(21-39-2)30-26-14-8-13-24-25(15-9-19-41-29-16-7-11-22-10-3-4-12-23(22)29)32(33(37)38)36(31(24)26)17-5-6-18-40-20-27(30)34-35/h3-8,10-14,16H,9,15,17-21H2,1-2H3,(H,37,38)/b6-5-. The van der Waals surface area contributed by atoms with Gasteiger partial charge in [-0.2, -0.15) is 5.10 Å². The summed E-state index contributed by atoms with van der Waals surface area (Å²) in [6.45, 7) is 2.02. The second kappa shape index (κ2) is 11.6. The number of aromatic carboxylic acids is 1. The monoisotopic (exact) mass is 551 g/mol. The number of hydrogen-bond acceptors (Lipinski definition) is 5. The summed E-state index contributed by atoms with van der Waals surface area (Å²) in [4.78, 5) is 12.8. The molecule has 8 heteroatoms. The van der Waals surface area contributed by atoms with E-state index in [1.807, 2.05) is 70.9 Å².